The van der Waals surface area contributed by atoms with Crippen LogP contribution < -0.4 is 11.2 Å². The minimum Gasteiger partial charge on any atom is -0.502 e. The Bertz CT molecular complexity index is 1130. The standard InChI is InChI=1S/C16H9FN2O3S/c17-8-4-2-1-3-7(8)14-13(21)12(20)11-10(22-14)6-5-9-15(11)23-16(18)19-9/h1-6,21H,(H2,18,19). The molecule has 4 rings (SSSR count). The molecule has 2 heterocycles. The van der Waals surface area contributed by atoms with Gasteiger partial charge in [0.25, 0.3) is 0 Å². The fraction of sp³-hybridized carbons (Fsp3) is 0. The molecule has 4 aromatic rings. The van der Waals surface area contributed by atoms with Crippen LogP contribution in [-0.4, -0.2) is 10.1 Å². The van der Waals surface area contributed by atoms with Crippen LogP contribution in [0.5, 0.6) is 5.75 Å². The van der Waals surface area contributed by atoms with Crippen molar-refractivity contribution in [1.82, 2.24) is 4.98 Å². The molecule has 0 aliphatic heterocycles. The molecule has 0 saturated carbocycles. The quantitative estimate of drug-likeness (QED) is 0.558. The highest BCUT2D eigenvalue weighted by molar-refractivity contribution is 7.23. The number of nitrogen functional groups attached to an aromatic ring is 1. The normalized spacial score (nSPS) is 11.3. The Hall–Kier alpha value is -2.93. The fourth-order valence-corrected chi connectivity index (χ4v) is 3.37. The third-order valence-electron chi connectivity index (χ3n) is 3.52. The third kappa shape index (κ3) is 1.97. The lowest BCUT2D eigenvalue weighted by Crippen LogP contribution is -2.03. The van der Waals surface area contributed by atoms with E-state index in [1.54, 1.807) is 18.2 Å². The average Bonchev–Trinajstić information content (AvgIpc) is 2.91. The van der Waals surface area contributed by atoms with Crippen molar-refractivity contribution >= 4 is 37.7 Å². The van der Waals surface area contributed by atoms with E-state index in [-0.39, 0.29) is 22.3 Å². The van der Waals surface area contributed by atoms with E-state index in [1.165, 1.54) is 18.2 Å². The second-order valence-corrected chi connectivity index (χ2v) is 5.96. The van der Waals surface area contributed by atoms with Gasteiger partial charge in [-0.25, -0.2) is 9.37 Å². The van der Waals surface area contributed by atoms with Crippen LogP contribution in [0.25, 0.3) is 32.5 Å². The van der Waals surface area contributed by atoms with Gasteiger partial charge in [-0.2, -0.15) is 0 Å². The summed E-state index contributed by atoms with van der Waals surface area (Å²) in [4.78, 5) is 16.7. The molecule has 0 bridgehead atoms. The smallest absolute Gasteiger partial charge is 0.236 e. The summed E-state index contributed by atoms with van der Waals surface area (Å²) in [7, 11) is 0. The zero-order chi connectivity index (χ0) is 16.1. The first-order valence-corrected chi connectivity index (χ1v) is 7.47. The lowest BCUT2D eigenvalue weighted by Gasteiger charge is -2.07. The fourth-order valence-electron chi connectivity index (χ4n) is 2.50. The number of benzene rings is 2. The first-order chi connectivity index (χ1) is 11.1. The highest BCUT2D eigenvalue weighted by Gasteiger charge is 2.20. The number of fused-ring (bicyclic) bond motifs is 3. The van der Waals surface area contributed by atoms with Crippen LogP contribution in [0.15, 0.2) is 45.6 Å². The second kappa shape index (κ2) is 4.79. The summed E-state index contributed by atoms with van der Waals surface area (Å²) in [6.07, 6.45) is 0. The summed E-state index contributed by atoms with van der Waals surface area (Å²) in [5.74, 6) is -1.42. The second-order valence-electron chi connectivity index (χ2n) is 4.93. The molecule has 0 saturated heterocycles. The Kier molecular flexibility index (Phi) is 2.85. The molecule has 0 atom stereocenters. The highest BCUT2D eigenvalue weighted by Crippen LogP contribution is 2.35. The number of halogens is 1. The largest absolute Gasteiger partial charge is 0.502 e. The van der Waals surface area contributed by atoms with E-state index in [2.05, 4.69) is 4.98 Å². The summed E-state index contributed by atoms with van der Waals surface area (Å²) in [6, 6.07) is 8.99. The number of hydrogen-bond acceptors (Lipinski definition) is 6. The number of nitrogens with two attached hydrogens (primary N) is 1. The summed E-state index contributed by atoms with van der Waals surface area (Å²) >= 11 is 1.13. The van der Waals surface area contributed by atoms with Crippen LogP contribution in [0.1, 0.15) is 0 Å². The molecule has 0 unspecified atom stereocenters. The predicted octanol–water partition coefficient (Wildman–Crippen LogP) is 3.50. The summed E-state index contributed by atoms with van der Waals surface area (Å²) in [5.41, 5.74) is 5.84. The minimum absolute atomic E-state index is 0.0212. The van der Waals surface area contributed by atoms with Crippen molar-refractivity contribution in [3.05, 3.63) is 52.4 Å². The molecule has 5 nitrogen and oxygen atoms in total. The molecule has 0 aliphatic carbocycles. The average molecular weight is 328 g/mol. The van der Waals surface area contributed by atoms with Gasteiger partial charge in [-0.15, -0.1) is 0 Å². The third-order valence-corrected chi connectivity index (χ3v) is 4.44. The van der Waals surface area contributed by atoms with Crippen LogP contribution in [0.4, 0.5) is 9.52 Å². The number of anilines is 1. The molecule has 2 aromatic heterocycles. The molecule has 23 heavy (non-hydrogen) atoms. The summed E-state index contributed by atoms with van der Waals surface area (Å²) in [5, 5.41) is 10.7. The first kappa shape index (κ1) is 13.7. The molecule has 2 aromatic carbocycles. The van der Waals surface area contributed by atoms with Gasteiger partial charge in [0.1, 0.15) is 11.4 Å². The van der Waals surface area contributed by atoms with Crippen molar-refractivity contribution in [1.29, 1.82) is 0 Å². The molecule has 3 N–H and O–H groups in total. The van der Waals surface area contributed by atoms with Crippen molar-refractivity contribution in [2.75, 3.05) is 5.73 Å². The topological polar surface area (TPSA) is 89.3 Å². The van der Waals surface area contributed by atoms with Crippen molar-refractivity contribution < 1.29 is 13.9 Å². The first-order valence-electron chi connectivity index (χ1n) is 6.66. The number of nitrogens with zero attached hydrogens (tertiary/aromatic N) is 1. The molecular weight excluding hydrogens is 319 g/mol. The number of aromatic hydroxyl groups is 1. The lowest BCUT2D eigenvalue weighted by atomic mass is 10.1. The van der Waals surface area contributed by atoms with Gasteiger partial charge in [0.05, 0.1) is 21.2 Å². The van der Waals surface area contributed by atoms with E-state index < -0.39 is 17.0 Å². The molecule has 0 spiro atoms. The number of hydrogen-bond donors (Lipinski definition) is 2. The van der Waals surface area contributed by atoms with Gasteiger partial charge in [0, 0.05) is 0 Å². The van der Waals surface area contributed by atoms with Gasteiger partial charge in [-0.05, 0) is 24.3 Å². The van der Waals surface area contributed by atoms with E-state index in [4.69, 9.17) is 10.2 Å². The van der Waals surface area contributed by atoms with Gasteiger partial charge in [-0.3, -0.25) is 4.79 Å². The van der Waals surface area contributed by atoms with Gasteiger partial charge in [0.15, 0.2) is 10.9 Å². The molecular formula is C16H9FN2O3S. The number of aromatic nitrogens is 1. The monoisotopic (exact) mass is 328 g/mol. The Morgan fingerprint density at radius 1 is 1.22 bits per heavy atom. The van der Waals surface area contributed by atoms with Gasteiger partial charge in [-0.1, -0.05) is 23.5 Å². The maximum atomic E-state index is 13.9. The zero-order valence-corrected chi connectivity index (χ0v) is 12.4. The van der Waals surface area contributed by atoms with Crippen molar-refractivity contribution in [3.63, 3.8) is 0 Å². The molecule has 0 aliphatic rings. The van der Waals surface area contributed by atoms with Crippen molar-refractivity contribution in [2.45, 2.75) is 0 Å². The highest BCUT2D eigenvalue weighted by atomic mass is 32.1. The maximum Gasteiger partial charge on any atom is 0.236 e. The molecule has 0 fully saturated rings. The van der Waals surface area contributed by atoms with Crippen LogP contribution in [0.2, 0.25) is 0 Å². The molecule has 7 heteroatoms. The zero-order valence-electron chi connectivity index (χ0n) is 11.5. The number of rotatable bonds is 1. The van der Waals surface area contributed by atoms with Crippen LogP contribution in [-0.2, 0) is 0 Å². The van der Waals surface area contributed by atoms with Crippen molar-refractivity contribution in [2.24, 2.45) is 0 Å². The van der Waals surface area contributed by atoms with Gasteiger partial charge in [0.2, 0.25) is 11.2 Å². The van der Waals surface area contributed by atoms with Crippen molar-refractivity contribution in [3.8, 4) is 17.1 Å². The molecule has 114 valence electrons. The van der Waals surface area contributed by atoms with Gasteiger partial charge >= 0.3 is 0 Å². The maximum absolute atomic E-state index is 13.9. The van der Waals surface area contributed by atoms with Crippen LogP contribution in [0.3, 0.4) is 0 Å². The van der Waals surface area contributed by atoms with E-state index in [0.29, 0.717) is 15.3 Å². The van der Waals surface area contributed by atoms with E-state index in [1.807, 2.05) is 0 Å². The summed E-state index contributed by atoms with van der Waals surface area (Å²) in [6.45, 7) is 0. The Balaban J connectivity index is 2.14. The van der Waals surface area contributed by atoms with E-state index in [0.717, 1.165) is 11.3 Å². The van der Waals surface area contributed by atoms with Crippen LogP contribution >= 0.6 is 11.3 Å². The minimum atomic E-state index is -0.640. The molecule has 0 amide bonds. The van der Waals surface area contributed by atoms with Crippen LogP contribution in [0, 0.1) is 5.82 Å². The SMILES string of the molecule is Nc1nc2ccc3oc(-c4ccccc4F)c(O)c(=O)c3c2s1. The lowest BCUT2D eigenvalue weighted by molar-refractivity contribution is 0.447. The Morgan fingerprint density at radius 2 is 2.00 bits per heavy atom. The summed E-state index contributed by atoms with van der Waals surface area (Å²) < 4.78 is 20.1. The number of thiazole rings is 1. The van der Waals surface area contributed by atoms with E-state index >= 15 is 0 Å². The van der Waals surface area contributed by atoms with E-state index in [9.17, 15) is 14.3 Å². The Morgan fingerprint density at radius 3 is 2.78 bits per heavy atom. The Labute approximate surface area is 132 Å². The predicted molar refractivity (Wildman–Crippen MR) is 87.1 cm³/mol. The molecule has 0 radical (unpaired) electrons. The van der Waals surface area contributed by atoms with Gasteiger partial charge < -0.3 is 15.3 Å².